The zero-order valence-corrected chi connectivity index (χ0v) is 10.0. The quantitative estimate of drug-likeness (QED) is 0.701. The fourth-order valence-electron chi connectivity index (χ4n) is 1.53. The molecule has 16 heavy (non-hydrogen) atoms. The number of hydrogen-bond donors (Lipinski definition) is 2. The van der Waals surface area contributed by atoms with Crippen molar-refractivity contribution in [1.82, 2.24) is 14.7 Å². The number of aliphatic hydroxyl groups is 2. The Kier molecular flexibility index (Phi) is 5.45. The molecule has 0 amide bonds. The Labute approximate surface area is 96.3 Å². The first-order chi connectivity index (χ1) is 7.67. The summed E-state index contributed by atoms with van der Waals surface area (Å²) in [5, 5.41) is 22.2. The van der Waals surface area contributed by atoms with Crippen molar-refractivity contribution in [3.8, 4) is 0 Å². The molecule has 2 N–H and O–H groups in total. The Bertz CT molecular complexity index is 293. The van der Waals surface area contributed by atoms with Crippen LogP contribution in [0, 0.1) is 0 Å². The number of aromatic nitrogens is 2. The van der Waals surface area contributed by atoms with Crippen LogP contribution in [0.25, 0.3) is 0 Å². The van der Waals surface area contributed by atoms with Crippen LogP contribution in [0.2, 0.25) is 0 Å². The van der Waals surface area contributed by atoms with E-state index in [2.05, 4.69) is 18.9 Å². The number of nitrogens with zero attached hydrogens (tertiary/aromatic N) is 3. The van der Waals surface area contributed by atoms with Gasteiger partial charge in [0, 0.05) is 31.9 Å². The first-order valence-electron chi connectivity index (χ1n) is 5.65. The van der Waals surface area contributed by atoms with Crippen molar-refractivity contribution in [2.45, 2.75) is 26.4 Å². The van der Waals surface area contributed by atoms with E-state index < -0.39 is 0 Å². The van der Waals surface area contributed by atoms with Gasteiger partial charge in [0.2, 0.25) is 0 Å². The Morgan fingerprint density at radius 2 is 1.94 bits per heavy atom. The highest BCUT2D eigenvalue weighted by molar-refractivity contribution is 4.99. The summed E-state index contributed by atoms with van der Waals surface area (Å²) in [6.45, 7) is 6.16. The number of hydrogen-bond acceptors (Lipinski definition) is 4. The van der Waals surface area contributed by atoms with Crippen molar-refractivity contribution in [1.29, 1.82) is 0 Å². The molecule has 0 spiro atoms. The van der Waals surface area contributed by atoms with Crippen LogP contribution in [0.5, 0.6) is 0 Å². The van der Waals surface area contributed by atoms with Gasteiger partial charge in [-0.15, -0.1) is 0 Å². The maximum absolute atomic E-state index is 8.89. The van der Waals surface area contributed by atoms with Gasteiger partial charge in [-0.1, -0.05) is 0 Å². The molecule has 0 aromatic carbocycles. The van der Waals surface area contributed by atoms with E-state index in [-0.39, 0.29) is 13.2 Å². The van der Waals surface area contributed by atoms with Gasteiger partial charge in [-0.25, -0.2) is 0 Å². The predicted octanol–water partition coefficient (Wildman–Crippen LogP) is 0.251. The van der Waals surface area contributed by atoms with Crippen molar-refractivity contribution >= 4 is 0 Å². The van der Waals surface area contributed by atoms with Crippen molar-refractivity contribution in [2.24, 2.45) is 0 Å². The Balaban J connectivity index is 2.55. The third kappa shape index (κ3) is 3.92. The van der Waals surface area contributed by atoms with Gasteiger partial charge in [0.15, 0.2) is 0 Å². The summed E-state index contributed by atoms with van der Waals surface area (Å²) in [7, 11) is 0. The van der Waals surface area contributed by atoms with Crippen LogP contribution in [0.3, 0.4) is 0 Å². The second-order valence-corrected chi connectivity index (χ2v) is 4.10. The first kappa shape index (κ1) is 13.2. The minimum Gasteiger partial charge on any atom is -0.395 e. The molecular weight excluding hydrogens is 206 g/mol. The highest BCUT2D eigenvalue weighted by atomic mass is 16.3. The average molecular weight is 227 g/mol. The topological polar surface area (TPSA) is 61.5 Å². The molecular formula is C11H21N3O2. The molecule has 0 bridgehead atoms. The maximum Gasteiger partial charge on any atom is 0.0764 e. The van der Waals surface area contributed by atoms with Crippen LogP contribution in [0.15, 0.2) is 12.3 Å². The molecule has 0 unspecified atom stereocenters. The van der Waals surface area contributed by atoms with Crippen molar-refractivity contribution < 1.29 is 10.2 Å². The molecule has 1 heterocycles. The highest BCUT2D eigenvalue weighted by Crippen LogP contribution is 2.06. The number of rotatable bonds is 7. The van der Waals surface area contributed by atoms with E-state index in [0.29, 0.717) is 25.7 Å². The van der Waals surface area contributed by atoms with Crippen LogP contribution in [-0.4, -0.2) is 51.2 Å². The van der Waals surface area contributed by atoms with E-state index in [1.54, 1.807) is 0 Å². The summed E-state index contributed by atoms with van der Waals surface area (Å²) in [5.41, 5.74) is 0.968. The van der Waals surface area contributed by atoms with E-state index in [0.717, 1.165) is 5.69 Å². The summed E-state index contributed by atoms with van der Waals surface area (Å²) >= 11 is 0. The molecule has 0 aliphatic rings. The molecule has 0 radical (unpaired) electrons. The van der Waals surface area contributed by atoms with Crippen molar-refractivity contribution in [2.75, 3.05) is 26.3 Å². The van der Waals surface area contributed by atoms with Gasteiger partial charge in [0.05, 0.1) is 18.9 Å². The molecule has 0 fully saturated rings. The van der Waals surface area contributed by atoms with Crippen LogP contribution < -0.4 is 0 Å². The van der Waals surface area contributed by atoms with E-state index in [4.69, 9.17) is 10.2 Å². The van der Waals surface area contributed by atoms with Gasteiger partial charge >= 0.3 is 0 Å². The van der Waals surface area contributed by atoms with E-state index >= 15 is 0 Å². The second-order valence-electron chi connectivity index (χ2n) is 4.10. The minimum atomic E-state index is 0.102. The smallest absolute Gasteiger partial charge is 0.0764 e. The van der Waals surface area contributed by atoms with E-state index in [1.165, 1.54) is 0 Å². The Morgan fingerprint density at radius 1 is 1.31 bits per heavy atom. The largest absolute Gasteiger partial charge is 0.395 e. The van der Waals surface area contributed by atoms with Gasteiger partial charge in [-0.3, -0.25) is 9.58 Å². The van der Waals surface area contributed by atoms with E-state index in [1.807, 2.05) is 21.8 Å². The molecule has 1 rings (SSSR count). The molecule has 0 saturated carbocycles. The minimum absolute atomic E-state index is 0.102. The number of aliphatic hydroxyl groups excluding tert-OH is 2. The first-order valence-corrected chi connectivity index (χ1v) is 5.65. The lowest BCUT2D eigenvalue weighted by atomic mass is 10.3. The van der Waals surface area contributed by atoms with Gasteiger partial charge in [0.25, 0.3) is 0 Å². The lowest BCUT2D eigenvalue weighted by Crippen LogP contribution is -2.29. The average Bonchev–Trinajstić information content (AvgIpc) is 2.67. The molecule has 0 aliphatic heterocycles. The molecule has 1 aromatic rings. The third-order valence-corrected chi connectivity index (χ3v) is 2.41. The SMILES string of the molecule is CC(C)n1ccc(CN(CCO)CCO)n1. The predicted molar refractivity (Wildman–Crippen MR) is 62.1 cm³/mol. The van der Waals surface area contributed by atoms with Gasteiger partial charge in [0.1, 0.15) is 0 Å². The van der Waals surface area contributed by atoms with Crippen molar-refractivity contribution in [3.05, 3.63) is 18.0 Å². The van der Waals surface area contributed by atoms with Gasteiger partial charge < -0.3 is 10.2 Å². The Hall–Kier alpha value is -0.910. The molecule has 0 aliphatic carbocycles. The Morgan fingerprint density at radius 3 is 2.38 bits per heavy atom. The standard InChI is InChI=1S/C11H21N3O2/c1-10(2)14-4-3-11(12-14)9-13(5-7-15)6-8-16/h3-4,10,15-16H,5-9H2,1-2H3. The third-order valence-electron chi connectivity index (χ3n) is 2.41. The fourth-order valence-corrected chi connectivity index (χ4v) is 1.53. The normalized spacial score (nSPS) is 11.6. The molecule has 5 nitrogen and oxygen atoms in total. The molecule has 92 valence electrons. The van der Waals surface area contributed by atoms with Crippen LogP contribution in [-0.2, 0) is 6.54 Å². The van der Waals surface area contributed by atoms with Gasteiger partial charge in [-0.05, 0) is 19.9 Å². The summed E-state index contributed by atoms with van der Waals surface area (Å²) in [6.07, 6.45) is 1.95. The summed E-state index contributed by atoms with van der Waals surface area (Å²) in [6, 6.07) is 2.33. The zero-order chi connectivity index (χ0) is 12.0. The lowest BCUT2D eigenvalue weighted by Gasteiger charge is -2.18. The zero-order valence-electron chi connectivity index (χ0n) is 10.0. The maximum atomic E-state index is 8.89. The fraction of sp³-hybridized carbons (Fsp3) is 0.727. The second kappa shape index (κ2) is 6.62. The van der Waals surface area contributed by atoms with Gasteiger partial charge in [-0.2, -0.15) is 5.10 Å². The van der Waals surface area contributed by atoms with E-state index in [9.17, 15) is 0 Å². The van der Waals surface area contributed by atoms with Crippen molar-refractivity contribution in [3.63, 3.8) is 0 Å². The lowest BCUT2D eigenvalue weighted by molar-refractivity contribution is 0.154. The van der Waals surface area contributed by atoms with Crippen LogP contribution >= 0.6 is 0 Å². The van der Waals surface area contributed by atoms with Crippen LogP contribution in [0.4, 0.5) is 0 Å². The monoisotopic (exact) mass is 227 g/mol. The molecule has 5 heteroatoms. The molecule has 0 atom stereocenters. The summed E-state index contributed by atoms with van der Waals surface area (Å²) < 4.78 is 1.91. The molecule has 0 saturated heterocycles. The summed E-state index contributed by atoms with van der Waals surface area (Å²) in [5.74, 6) is 0. The van der Waals surface area contributed by atoms with Crippen LogP contribution in [0.1, 0.15) is 25.6 Å². The summed E-state index contributed by atoms with van der Waals surface area (Å²) in [4.78, 5) is 1.98. The highest BCUT2D eigenvalue weighted by Gasteiger charge is 2.08. The molecule has 1 aromatic heterocycles.